The van der Waals surface area contributed by atoms with Gasteiger partial charge in [0.2, 0.25) is 0 Å². The third kappa shape index (κ3) is 2.04. The van der Waals surface area contributed by atoms with E-state index in [0.717, 1.165) is 43.0 Å². The molecule has 1 aliphatic rings. The van der Waals surface area contributed by atoms with Gasteiger partial charge in [0.1, 0.15) is 17.3 Å². The maximum Gasteiger partial charge on any atom is 0.151 e. The van der Waals surface area contributed by atoms with Crippen LogP contribution in [0.4, 0.5) is 14.6 Å². The van der Waals surface area contributed by atoms with E-state index in [4.69, 9.17) is 5.73 Å². The zero-order valence-corrected chi connectivity index (χ0v) is 11.7. The van der Waals surface area contributed by atoms with Gasteiger partial charge in [-0.1, -0.05) is 0 Å². The number of nitrogens with two attached hydrogens (primary N) is 1. The highest BCUT2D eigenvalue weighted by atomic mass is 79.9. The van der Waals surface area contributed by atoms with Gasteiger partial charge in [-0.25, -0.2) is 13.5 Å². The average Bonchev–Trinajstić information content (AvgIpc) is 2.72. The molecule has 0 saturated heterocycles. The lowest BCUT2D eigenvalue weighted by atomic mass is 9.97. The number of nitrogen functional groups attached to an aromatic ring is 1. The summed E-state index contributed by atoms with van der Waals surface area (Å²) in [7, 11) is 0. The molecule has 0 radical (unpaired) electrons. The van der Waals surface area contributed by atoms with Crippen molar-refractivity contribution in [3.05, 3.63) is 39.5 Å². The van der Waals surface area contributed by atoms with Gasteiger partial charge < -0.3 is 5.73 Å². The Bertz CT molecular complexity index is 652. The van der Waals surface area contributed by atoms with Crippen LogP contribution >= 0.6 is 15.9 Å². The van der Waals surface area contributed by atoms with E-state index >= 15 is 0 Å². The normalized spacial score (nSPS) is 14.5. The van der Waals surface area contributed by atoms with Crippen molar-refractivity contribution in [2.24, 2.45) is 0 Å². The SMILES string of the molecule is Nc1nn(-c2cc(Br)c(F)cc2F)c2c1CCCC2. The van der Waals surface area contributed by atoms with Crippen LogP contribution < -0.4 is 5.73 Å². The molecule has 0 spiro atoms. The van der Waals surface area contributed by atoms with E-state index in [1.54, 1.807) is 0 Å². The molecule has 1 heterocycles. The van der Waals surface area contributed by atoms with Gasteiger partial charge in [-0.2, -0.15) is 5.10 Å². The summed E-state index contributed by atoms with van der Waals surface area (Å²) in [6.45, 7) is 0. The first-order valence-electron chi connectivity index (χ1n) is 6.09. The summed E-state index contributed by atoms with van der Waals surface area (Å²) in [4.78, 5) is 0. The van der Waals surface area contributed by atoms with Crippen LogP contribution in [0.2, 0.25) is 0 Å². The van der Waals surface area contributed by atoms with Crippen molar-refractivity contribution >= 4 is 21.7 Å². The molecule has 0 unspecified atom stereocenters. The molecule has 2 aromatic rings. The van der Waals surface area contributed by atoms with Crippen LogP contribution in [-0.2, 0) is 12.8 Å². The van der Waals surface area contributed by atoms with E-state index in [1.807, 2.05) is 0 Å². The standard InChI is InChI=1S/C13H12BrF2N3/c14-8-5-12(10(16)6-9(8)15)19-11-4-2-1-3-7(11)13(17)18-19/h5-6H,1-4H2,(H2,17,18). The third-order valence-corrected chi connectivity index (χ3v) is 4.04. The Morgan fingerprint density at radius 2 is 1.89 bits per heavy atom. The molecule has 3 nitrogen and oxygen atoms in total. The summed E-state index contributed by atoms with van der Waals surface area (Å²) in [5, 5.41) is 4.21. The number of hydrogen-bond acceptors (Lipinski definition) is 2. The fourth-order valence-electron chi connectivity index (χ4n) is 2.50. The average molecular weight is 328 g/mol. The topological polar surface area (TPSA) is 43.8 Å². The molecular weight excluding hydrogens is 316 g/mol. The molecule has 0 fully saturated rings. The predicted octanol–water partition coefficient (Wildman–Crippen LogP) is 3.37. The molecule has 1 aromatic carbocycles. The first kappa shape index (κ1) is 12.6. The van der Waals surface area contributed by atoms with Crippen molar-refractivity contribution in [3.63, 3.8) is 0 Å². The minimum absolute atomic E-state index is 0.211. The second-order valence-corrected chi connectivity index (χ2v) is 5.50. The van der Waals surface area contributed by atoms with Crippen LogP contribution in [0, 0.1) is 11.6 Å². The summed E-state index contributed by atoms with van der Waals surface area (Å²) in [6.07, 6.45) is 3.78. The maximum absolute atomic E-state index is 13.9. The predicted molar refractivity (Wildman–Crippen MR) is 72.2 cm³/mol. The van der Waals surface area contributed by atoms with Gasteiger partial charge in [-0.15, -0.1) is 0 Å². The van der Waals surface area contributed by atoms with Gasteiger partial charge in [0.15, 0.2) is 5.82 Å². The largest absolute Gasteiger partial charge is 0.382 e. The van der Waals surface area contributed by atoms with E-state index in [1.165, 1.54) is 10.7 Å². The highest BCUT2D eigenvalue weighted by molar-refractivity contribution is 9.10. The molecule has 1 aromatic heterocycles. The number of halogens is 3. The highest BCUT2D eigenvalue weighted by Gasteiger charge is 2.22. The highest BCUT2D eigenvalue weighted by Crippen LogP contribution is 2.30. The lowest BCUT2D eigenvalue weighted by Crippen LogP contribution is -2.09. The third-order valence-electron chi connectivity index (χ3n) is 3.43. The van der Waals surface area contributed by atoms with E-state index in [0.29, 0.717) is 5.82 Å². The summed E-state index contributed by atoms with van der Waals surface area (Å²) < 4.78 is 28.9. The van der Waals surface area contributed by atoms with E-state index in [9.17, 15) is 8.78 Å². The van der Waals surface area contributed by atoms with Gasteiger partial charge >= 0.3 is 0 Å². The van der Waals surface area contributed by atoms with Gasteiger partial charge in [0.25, 0.3) is 0 Å². The maximum atomic E-state index is 13.9. The van der Waals surface area contributed by atoms with Crippen LogP contribution in [-0.4, -0.2) is 9.78 Å². The lowest BCUT2D eigenvalue weighted by molar-refractivity contribution is 0.564. The lowest BCUT2D eigenvalue weighted by Gasteiger charge is -2.14. The van der Waals surface area contributed by atoms with E-state index in [2.05, 4.69) is 21.0 Å². The van der Waals surface area contributed by atoms with Crippen molar-refractivity contribution in [2.75, 3.05) is 5.73 Å². The number of benzene rings is 1. The van der Waals surface area contributed by atoms with Crippen molar-refractivity contribution < 1.29 is 8.78 Å². The number of fused-ring (bicyclic) bond motifs is 1. The van der Waals surface area contributed by atoms with E-state index in [-0.39, 0.29) is 10.2 Å². The van der Waals surface area contributed by atoms with Gasteiger partial charge in [0, 0.05) is 17.3 Å². The number of nitrogens with zero attached hydrogens (tertiary/aromatic N) is 2. The second kappa shape index (κ2) is 4.59. The van der Waals surface area contributed by atoms with Crippen LogP contribution in [0.5, 0.6) is 0 Å². The van der Waals surface area contributed by atoms with Crippen LogP contribution in [0.15, 0.2) is 16.6 Å². The van der Waals surface area contributed by atoms with Crippen LogP contribution in [0.3, 0.4) is 0 Å². The Hall–Kier alpha value is -1.43. The number of anilines is 1. The van der Waals surface area contributed by atoms with Gasteiger partial charge in [-0.05, 0) is 47.7 Å². The summed E-state index contributed by atoms with van der Waals surface area (Å²) in [5.74, 6) is -0.832. The Labute approximate surface area is 117 Å². The molecule has 0 amide bonds. The molecule has 0 bridgehead atoms. The second-order valence-electron chi connectivity index (χ2n) is 4.65. The molecule has 2 N–H and O–H groups in total. The Morgan fingerprint density at radius 3 is 2.68 bits per heavy atom. The Kier molecular flexibility index (Phi) is 3.05. The zero-order valence-electron chi connectivity index (χ0n) is 10.1. The summed E-state index contributed by atoms with van der Waals surface area (Å²) in [5.41, 5.74) is 8.03. The van der Waals surface area contributed by atoms with Gasteiger partial charge in [-0.3, -0.25) is 0 Å². The first-order valence-corrected chi connectivity index (χ1v) is 6.88. The molecule has 19 heavy (non-hydrogen) atoms. The molecule has 1 aliphatic carbocycles. The van der Waals surface area contributed by atoms with Crippen LogP contribution in [0.1, 0.15) is 24.1 Å². The Morgan fingerprint density at radius 1 is 1.16 bits per heavy atom. The number of rotatable bonds is 1. The van der Waals surface area contributed by atoms with Crippen molar-refractivity contribution in [2.45, 2.75) is 25.7 Å². The molecule has 6 heteroatoms. The van der Waals surface area contributed by atoms with Gasteiger partial charge in [0.05, 0.1) is 4.47 Å². The van der Waals surface area contributed by atoms with Crippen LogP contribution in [0.25, 0.3) is 5.69 Å². The van der Waals surface area contributed by atoms with Crippen molar-refractivity contribution in [1.29, 1.82) is 0 Å². The molecule has 100 valence electrons. The smallest absolute Gasteiger partial charge is 0.151 e. The minimum Gasteiger partial charge on any atom is -0.382 e. The fourth-order valence-corrected chi connectivity index (χ4v) is 2.83. The summed E-state index contributed by atoms with van der Waals surface area (Å²) >= 11 is 3.07. The molecular formula is C13H12BrF2N3. The number of hydrogen-bond donors (Lipinski definition) is 1. The minimum atomic E-state index is -0.642. The van der Waals surface area contributed by atoms with E-state index < -0.39 is 11.6 Å². The molecule has 0 atom stereocenters. The first-order chi connectivity index (χ1) is 9.08. The van der Waals surface area contributed by atoms with Crippen molar-refractivity contribution in [3.8, 4) is 5.69 Å². The van der Waals surface area contributed by atoms with Crippen molar-refractivity contribution in [1.82, 2.24) is 9.78 Å². The quantitative estimate of drug-likeness (QED) is 0.816. The molecule has 3 rings (SSSR count). The number of aromatic nitrogens is 2. The zero-order chi connectivity index (χ0) is 13.6. The monoisotopic (exact) mass is 327 g/mol. The molecule has 0 saturated carbocycles. The molecule has 0 aliphatic heterocycles. The Balaban J connectivity index is 2.20. The summed E-state index contributed by atoms with van der Waals surface area (Å²) in [6, 6.07) is 2.25. The fraction of sp³-hybridized carbons (Fsp3) is 0.308.